The molecule has 1 aliphatic rings. The average molecular weight is 291 g/mol. The average Bonchev–Trinajstić information content (AvgIpc) is 2.52. The van der Waals surface area contributed by atoms with E-state index in [-0.39, 0.29) is 0 Å². The number of hydrogen-bond donors (Lipinski definition) is 3. The molecule has 0 amide bonds. The van der Waals surface area contributed by atoms with Crippen molar-refractivity contribution in [2.75, 3.05) is 43.1 Å². The minimum absolute atomic E-state index is 0.499. The van der Waals surface area contributed by atoms with Crippen molar-refractivity contribution in [3.8, 4) is 0 Å². The van der Waals surface area contributed by atoms with Crippen molar-refractivity contribution in [1.82, 2.24) is 5.43 Å². The number of benzene rings is 1. The summed E-state index contributed by atoms with van der Waals surface area (Å²) in [6.07, 6.45) is 0. The topological polar surface area (TPSA) is 74.9 Å². The lowest BCUT2D eigenvalue weighted by molar-refractivity contribution is 0.122. The van der Waals surface area contributed by atoms with Gasteiger partial charge in [0.1, 0.15) is 0 Å². The Hall–Kier alpha value is -1.79. The lowest BCUT2D eigenvalue weighted by atomic mass is 10.2. The first-order valence-electron chi connectivity index (χ1n) is 7.40. The highest BCUT2D eigenvalue weighted by molar-refractivity contribution is 5.93. The third kappa shape index (κ3) is 4.91. The second kappa shape index (κ2) is 7.85. The minimum atomic E-state index is 0.499. The lowest BCUT2D eigenvalue weighted by Gasteiger charge is -2.29. The Morgan fingerprint density at radius 1 is 1.29 bits per heavy atom. The Kier molecular flexibility index (Phi) is 5.83. The Morgan fingerprint density at radius 2 is 1.95 bits per heavy atom. The van der Waals surface area contributed by atoms with Gasteiger partial charge in [0.25, 0.3) is 0 Å². The van der Waals surface area contributed by atoms with Crippen molar-refractivity contribution >= 4 is 17.3 Å². The van der Waals surface area contributed by atoms with E-state index in [4.69, 9.17) is 10.6 Å². The molecule has 0 spiro atoms. The van der Waals surface area contributed by atoms with Crippen molar-refractivity contribution in [2.24, 2.45) is 16.8 Å². The maximum atomic E-state index is 5.49. The van der Waals surface area contributed by atoms with Crippen LogP contribution in [-0.2, 0) is 4.74 Å². The molecule has 1 aromatic carbocycles. The van der Waals surface area contributed by atoms with Gasteiger partial charge in [-0.05, 0) is 30.2 Å². The molecule has 0 bridgehead atoms. The number of hydrogen-bond acceptors (Lipinski definition) is 4. The van der Waals surface area contributed by atoms with Crippen molar-refractivity contribution in [3.63, 3.8) is 0 Å². The van der Waals surface area contributed by atoms with Gasteiger partial charge >= 0.3 is 0 Å². The Bertz CT molecular complexity index is 452. The highest BCUT2D eigenvalue weighted by Crippen LogP contribution is 2.18. The first-order chi connectivity index (χ1) is 10.2. The third-order valence-corrected chi connectivity index (χ3v) is 3.26. The zero-order valence-corrected chi connectivity index (χ0v) is 12.8. The second-order valence-electron chi connectivity index (χ2n) is 5.50. The van der Waals surface area contributed by atoms with Crippen LogP contribution in [0.15, 0.2) is 29.3 Å². The maximum absolute atomic E-state index is 5.49. The number of hydrazine groups is 1. The van der Waals surface area contributed by atoms with Gasteiger partial charge in [0.05, 0.1) is 13.2 Å². The van der Waals surface area contributed by atoms with E-state index in [9.17, 15) is 0 Å². The minimum Gasteiger partial charge on any atom is -0.378 e. The molecule has 21 heavy (non-hydrogen) atoms. The zero-order valence-electron chi connectivity index (χ0n) is 12.8. The number of guanidine groups is 1. The number of nitrogens with one attached hydrogen (secondary N) is 2. The molecule has 6 nitrogen and oxygen atoms in total. The van der Waals surface area contributed by atoms with Gasteiger partial charge in [0, 0.05) is 31.0 Å². The van der Waals surface area contributed by atoms with Gasteiger partial charge in [-0.3, -0.25) is 10.4 Å². The van der Waals surface area contributed by atoms with E-state index in [1.165, 1.54) is 5.69 Å². The SMILES string of the molecule is CC(C)CN=C(NN)Nc1ccc(N2CCOCC2)cc1. The van der Waals surface area contributed by atoms with E-state index < -0.39 is 0 Å². The van der Waals surface area contributed by atoms with Crippen LogP contribution in [0.3, 0.4) is 0 Å². The largest absolute Gasteiger partial charge is 0.378 e. The number of rotatable bonds is 4. The van der Waals surface area contributed by atoms with Crippen LogP contribution in [0, 0.1) is 5.92 Å². The van der Waals surface area contributed by atoms with Crippen LogP contribution in [-0.4, -0.2) is 38.8 Å². The lowest BCUT2D eigenvalue weighted by Crippen LogP contribution is -2.37. The molecular weight excluding hydrogens is 266 g/mol. The molecule has 1 aromatic rings. The number of anilines is 2. The molecule has 116 valence electrons. The molecule has 0 saturated carbocycles. The van der Waals surface area contributed by atoms with Crippen LogP contribution in [0.4, 0.5) is 11.4 Å². The fourth-order valence-electron chi connectivity index (χ4n) is 2.11. The van der Waals surface area contributed by atoms with Crippen molar-refractivity contribution in [1.29, 1.82) is 0 Å². The maximum Gasteiger partial charge on any atom is 0.210 e. The van der Waals surface area contributed by atoms with Gasteiger partial charge in [0.15, 0.2) is 0 Å². The summed E-state index contributed by atoms with van der Waals surface area (Å²) in [5.41, 5.74) is 4.77. The zero-order chi connectivity index (χ0) is 15.1. The first kappa shape index (κ1) is 15.6. The fourth-order valence-corrected chi connectivity index (χ4v) is 2.11. The van der Waals surface area contributed by atoms with E-state index in [0.29, 0.717) is 11.9 Å². The Balaban J connectivity index is 1.96. The first-order valence-corrected chi connectivity index (χ1v) is 7.40. The van der Waals surface area contributed by atoms with Crippen molar-refractivity contribution in [3.05, 3.63) is 24.3 Å². The Labute approximate surface area is 126 Å². The predicted molar refractivity (Wildman–Crippen MR) is 87.6 cm³/mol. The van der Waals surface area contributed by atoms with E-state index in [2.05, 4.69) is 46.6 Å². The monoisotopic (exact) mass is 291 g/mol. The summed E-state index contributed by atoms with van der Waals surface area (Å²) in [7, 11) is 0. The van der Waals surface area contributed by atoms with Gasteiger partial charge < -0.3 is 15.0 Å². The number of nitrogens with zero attached hydrogens (tertiary/aromatic N) is 2. The summed E-state index contributed by atoms with van der Waals surface area (Å²) in [4.78, 5) is 6.71. The van der Waals surface area contributed by atoms with Gasteiger partial charge in [-0.1, -0.05) is 13.8 Å². The highest BCUT2D eigenvalue weighted by atomic mass is 16.5. The molecule has 0 aliphatic carbocycles. The molecular formula is C15H25N5O. The molecule has 1 heterocycles. The van der Waals surface area contributed by atoms with E-state index in [0.717, 1.165) is 38.5 Å². The smallest absolute Gasteiger partial charge is 0.210 e. The van der Waals surface area contributed by atoms with Gasteiger partial charge in [-0.2, -0.15) is 0 Å². The van der Waals surface area contributed by atoms with Crippen LogP contribution >= 0.6 is 0 Å². The number of nitrogens with two attached hydrogens (primary N) is 1. The molecule has 0 unspecified atom stereocenters. The standard InChI is InChI=1S/C15H25N5O/c1-12(2)11-17-15(19-16)18-13-3-5-14(6-4-13)20-7-9-21-10-8-20/h3-6,12H,7-11,16H2,1-2H3,(H2,17,18,19). The Morgan fingerprint density at radius 3 is 2.52 bits per heavy atom. The van der Waals surface area contributed by atoms with Crippen molar-refractivity contribution < 1.29 is 4.74 Å². The van der Waals surface area contributed by atoms with Crippen molar-refractivity contribution in [2.45, 2.75) is 13.8 Å². The number of aliphatic imine (C=N–C) groups is 1. The summed E-state index contributed by atoms with van der Waals surface area (Å²) in [5, 5.41) is 3.18. The van der Waals surface area contributed by atoms with Crippen LogP contribution in [0.5, 0.6) is 0 Å². The van der Waals surface area contributed by atoms with Gasteiger partial charge in [-0.25, -0.2) is 5.84 Å². The van der Waals surface area contributed by atoms with Crippen LogP contribution in [0.2, 0.25) is 0 Å². The van der Waals surface area contributed by atoms with E-state index in [1.54, 1.807) is 0 Å². The number of morpholine rings is 1. The molecule has 4 N–H and O–H groups in total. The molecule has 1 aliphatic heterocycles. The fraction of sp³-hybridized carbons (Fsp3) is 0.533. The molecule has 1 fully saturated rings. The quantitative estimate of drug-likeness (QED) is 0.338. The number of ether oxygens (including phenoxy) is 1. The third-order valence-electron chi connectivity index (χ3n) is 3.26. The molecule has 0 aromatic heterocycles. The second-order valence-corrected chi connectivity index (χ2v) is 5.50. The summed E-state index contributed by atoms with van der Waals surface area (Å²) >= 11 is 0. The summed E-state index contributed by atoms with van der Waals surface area (Å²) < 4.78 is 5.37. The molecule has 0 radical (unpaired) electrons. The summed E-state index contributed by atoms with van der Waals surface area (Å²) in [6, 6.07) is 8.27. The van der Waals surface area contributed by atoms with E-state index in [1.807, 2.05) is 12.1 Å². The summed E-state index contributed by atoms with van der Waals surface area (Å²) in [6.45, 7) is 8.45. The van der Waals surface area contributed by atoms with Gasteiger partial charge in [-0.15, -0.1) is 0 Å². The van der Waals surface area contributed by atoms with Gasteiger partial charge in [0.2, 0.25) is 5.96 Å². The molecule has 0 atom stereocenters. The summed E-state index contributed by atoms with van der Waals surface area (Å²) in [5.74, 6) is 6.57. The van der Waals surface area contributed by atoms with E-state index >= 15 is 0 Å². The normalized spacial score (nSPS) is 16.2. The molecule has 1 saturated heterocycles. The molecule has 6 heteroatoms. The molecule has 2 rings (SSSR count). The highest BCUT2D eigenvalue weighted by Gasteiger charge is 2.10. The van der Waals surface area contributed by atoms with Crippen LogP contribution in [0.1, 0.15) is 13.8 Å². The van der Waals surface area contributed by atoms with Crippen LogP contribution < -0.4 is 21.5 Å². The van der Waals surface area contributed by atoms with Crippen LogP contribution in [0.25, 0.3) is 0 Å². The predicted octanol–water partition coefficient (Wildman–Crippen LogP) is 1.41.